The van der Waals surface area contributed by atoms with E-state index in [1.165, 1.54) is 11.0 Å². The fourth-order valence-electron chi connectivity index (χ4n) is 2.21. The molecule has 20 heavy (non-hydrogen) atoms. The molecule has 0 aromatic heterocycles. The summed E-state index contributed by atoms with van der Waals surface area (Å²) in [5, 5.41) is 2.68. The first kappa shape index (κ1) is 15.0. The first-order valence-electron chi connectivity index (χ1n) is 6.30. The van der Waals surface area contributed by atoms with E-state index in [4.69, 9.17) is 0 Å². The summed E-state index contributed by atoms with van der Waals surface area (Å²) in [4.78, 5) is 25.8. The molecule has 2 rings (SSSR count). The summed E-state index contributed by atoms with van der Waals surface area (Å²) in [5.41, 5.74) is -0.306. The van der Waals surface area contributed by atoms with Gasteiger partial charge in [-0.25, -0.2) is 4.39 Å². The summed E-state index contributed by atoms with van der Waals surface area (Å²) < 4.78 is 13.8. The van der Waals surface area contributed by atoms with Gasteiger partial charge in [0.25, 0.3) is 0 Å². The maximum Gasteiger partial charge on any atom is 0.248 e. The number of piperazine rings is 1. The van der Waals surface area contributed by atoms with Crippen LogP contribution in [0.5, 0.6) is 0 Å². The van der Waals surface area contributed by atoms with E-state index in [0.29, 0.717) is 10.0 Å². The molecule has 1 saturated heterocycles. The van der Waals surface area contributed by atoms with Crippen LogP contribution in [0.1, 0.15) is 26.3 Å². The second-order valence-corrected chi connectivity index (χ2v) is 6.23. The molecule has 0 radical (unpaired) electrons. The molecule has 1 unspecified atom stereocenters. The van der Waals surface area contributed by atoms with Gasteiger partial charge in [-0.2, -0.15) is 0 Å². The first-order chi connectivity index (χ1) is 9.24. The molecule has 0 spiro atoms. The smallest absolute Gasteiger partial charge is 0.248 e. The molecule has 1 N–H and O–H groups in total. The second kappa shape index (κ2) is 5.16. The van der Waals surface area contributed by atoms with Crippen LogP contribution >= 0.6 is 15.9 Å². The number of hydrogen-bond donors (Lipinski definition) is 1. The molecule has 6 heteroatoms. The highest BCUT2D eigenvalue weighted by Crippen LogP contribution is 2.25. The van der Waals surface area contributed by atoms with Crippen molar-refractivity contribution in [2.75, 3.05) is 0 Å². The summed E-state index contributed by atoms with van der Waals surface area (Å²) >= 11 is 3.18. The minimum absolute atomic E-state index is 0.180. The zero-order valence-corrected chi connectivity index (χ0v) is 13.1. The van der Waals surface area contributed by atoms with Crippen molar-refractivity contribution >= 4 is 27.7 Å². The zero-order valence-electron chi connectivity index (χ0n) is 11.5. The monoisotopic (exact) mass is 342 g/mol. The van der Waals surface area contributed by atoms with Crippen molar-refractivity contribution in [2.24, 2.45) is 0 Å². The summed E-state index contributed by atoms with van der Waals surface area (Å²) in [7, 11) is 0. The topological polar surface area (TPSA) is 49.4 Å². The van der Waals surface area contributed by atoms with Crippen LogP contribution in [0.25, 0.3) is 0 Å². The molecule has 4 nitrogen and oxygen atoms in total. The lowest BCUT2D eigenvalue weighted by Crippen LogP contribution is -2.66. The van der Waals surface area contributed by atoms with Gasteiger partial charge < -0.3 is 10.2 Å². The Morgan fingerprint density at radius 3 is 2.70 bits per heavy atom. The number of rotatable bonds is 2. The average molecular weight is 343 g/mol. The van der Waals surface area contributed by atoms with Crippen molar-refractivity contribution in [1.29, 1.82) is 0 Å². The van der Waals surface area contributed by atoms with Gasteiger partial charge in [-0.05, 0) is 48.3 Å². The van der Waals surface area contributed by atoms with Crippen molar-refractivity contribution < 1.29 is 14.0 Å². The van der Waals surface area contributed by atoms with Gasteiger partial charge in [0.2, 0.25) is 11.8 Å². The van der Waals surface area contributed by atoms with E-state index in [0.717, 1.165) is 0 Å². The molecule has 1 aliphatic heterocycles. The lowest BCUT2D eigenvalue weighted by molar-refractivity contribution is -0.153. The van der Waals surface area contributed by atoms with Gasteiger partial charge in [0.05, 0.1) is 4.47 Å². The number of hydrogen-bond acceptors (Lipinski definition) is 2. The highest BCUT2D eigenvalue weighted by Gasteiger charge is 2.43. The van der Waals surface area contributed by atoms with Gasteiger partial charge in [0.1, 0.15) is 17.4 Å². The number of carbonyl (C=O) groups excluding carboxylic acids is 2. The summed E-state index contributed by atoms with van der Waals surface area (Å²) in [6, 6.07) is 4.07. The van der Waals surface area contributed by atoms with Crippen molar-refractivity contribution in [2.45, 2.75) is 38.9 Å². The fourth-order valence-corrected chi connectivity index (χ4v) is 2.59. The summed E-state index contributed by atoms with van der Waals surface area (Å²) in [6.45, 7) is 5.17. The Morgan fingerprint density at radius 1 is 1.40 bits per heavy atom. The Balaban J connectivity index is 2.33. The molecular formula is C14H16BrFN2O2. The highest BCUT2D eigenvalue weighted by atomic mass is 79.9. The van der Waals surface area contributed by atoms with Gasteiger partial charge >= 0.3 is 0 Å². The van der Waals surface area contributed by atoms with Crippen LogP contribution in [0.2, 0.25) is 0 Å². The lowest BCUT2D eigenvalue weighted by atomic mass is 9.97. The van der Waals surface area contributed by atoms with Gasteiger partial charge in [-0.15, -0.1) is 0 Å². The maximum atomic E-state index is 13.5. The van der Waals surface area contributed by atoms with Crippen LogP contribution in [0, 0.1) is 5.82 Å². The Bertz CT molecular complexity index is 574. The summed E-state index contributed by atoms with van der Waals surface area (Å²) in [5.74, 6) is -0.772. The van der Waals surface area contributed by atoms with E-state index in [-0.39, 0.29) is 24.2 Å². The van der Waals surface area contributed by atoms with Crippen molar-refractivity contribution in [1.82, 2.24) is 10.2 Å². The quantitative estimate of drug-likeness (QED) is 0.895. The van der Waals surface area contributed by atoms with Gasteiger partial charge in [-0.1, -0.05) is 12.1 Å². The number of benzene rings is 1. The fraction of sp³-hybridized carbons (Fsp3) is 0.429. The van der Waals surface area contributed by atoms with E-state index >= 15 is 0 Å². The maximum absolute atomic E-state index is 13.5. The minimum Gasteiger partial charge on any atom is -0.340 e. The molecule has 1 aliphatic rings. The molecule has 2 amide bonds. The van der Waals surface area contributed by atoms with Crippen molar-refractivity contribution in [3.63, 3.8) is 0 Å². The predicted octanol–water partition coefficient (Wildman–Crippen LogP) is 2.21. The third kappa shape index (κ3) is 2.57. The van der Waals surface area contributed by atoms with Crippen LogP contribution in [-0.4, -0.2) is 28.3 Å². The number of carbonyl (C=O) groups is 2. The number of amides is 2. The van der Waals surface area contributed by atoms with Gasteiger partial charge in [-0.3, -0.25) is 9.59 Å². The van der Waals surface area contributed by atoms with E-state index in [1.807, 2.05) is 0 Å². The van der Waals surface area contributed by atoms with E-state index in [1.54, 1.807) is 32.9 Å². The molecule has 108 valence electrons. The van der Waals surface area contributed by atoms with Gasteiger partial charge in [0.15, 0.2) is 0 Å². The molecular weight excluding hydrogens is 327 g/mol. The predicted molar refractivity (Wildman–Crippen MR) is 76.3 cm³/mol. The van der Waals surface area contributed by atoms with Crippen LogP contribution in [-0.2, 0) is 16.1 Å². The first-order valence-corrected chi connectivity index (χ1v) is 7.09. The third-order valence-electron chi connectivity index (χ3n) is 3.45. The second-order valence-electron chi connectivity index (χ2n) is 5.44. The van der Waals surface area contributed by atoms with Crippen LogP contribution in [0.3, 0.4) is 0 Å². The number of nitrogens with zero attached hydrogens (tertiary/aromatic N) is 1. The van der Waals surface area contributed by atoms with Crippen LogP contribution in [0.15, 0.2) is 22.7 Å². The zero-order chi connectivity index (χ0) is 15.1. The standard InChI is InChI=1S/C14H16BrFN2O2/c1-8-12(19)17-14(2,3)13(20)18(8)7-9-5-4-6-10(16)11(9)15/h4-6,8H,7H2,1-3H3,(H,17,19). The molecule has 1 fully saturated rings. The molecule has 1 aromatic rings. The van der Waals surface area contributed by atoms with E-state index < -0.39 is 11.6 Å². The Labute approximate surface area is 125 Å². The Kier molecular flexibility index (Phi) is 3.86. The summed E-state index contributed by atoms with van der Waals surface area (Å²) in [6.07, 6.45) is 0. The van der Waals surface area contributed by atoms with Gasteiger partial charge in [0, 0.05) is 6.54 Å². The highest BCUT2D eigenvalue weighted by molar-refractivity contribution is 9.10. The largest absolute Gasteiger partial charge is 0.340 e. The SMILES string of the molecule is CC1C(=O)NC(C)(C)C(=O)N1Cc1cccc(F)c1Br. The van der Waals surface area contributed by atoms with Crippen LogP contribution in [0.4, 0.5) is 4.39 Å². The Hall–Kier alpha value is -1.43. The normalized spacial score (nSPS) is 21.9. The number of nitrogens with one attached hydrogen (secondary N) is 1. The third-order valence-corrected chi connectivity index (χ3v) is 4.34. The Morgan fingerprint density at radius 2 is 2.05 bits per heavy atom. The van der Waals surface area contributed by atoms with Crippen molar-refractivity contribution in [3.8, 4) is 0 Å². The van der Waals surface area contributed by atoms with E-state index in [2.05, 4.69) is 21.2 Å². The molecule has 1 aromatic carbocycles. The minimum atomic E-state index is -0.941. The lowest BCUT2D eigenvalue weighted by Gasteiger charge is -2.41. The number of halogens is 2. The average Bonchev–Trinajstić information content (AvgIpc) is 2.37. The van der Waals surface area contributed by atoms with Crippen LogP contribution < -0.4 is 5.32 Å². The van der Waals surface area contributed by atoms with Crippen molar-refractivity contribution in [3.05, 3.63) is 34.1 Å². The molecule has 1 atom stereocenters. The molecule has 1 heterocycles. The molecule has 0 aliphatic carbocycles. The molecule has 0 saturated carbocycles. The molecule has 0 bridgehead atoms. The van der Waals surface area contributed by atoms with E-state index in [9.17, 15) is 14.0 Å².